The van der Waals surface area contributed by atoms with Crippen LogP contribution in [-0.4, -0.2) is 31.9 Å². The summed E-state index contributed by atoms with van der Waals surface area (Å²) in [5.41, 5.74) is 1.45. The summed E-state index contributed by atoms with van der Waals surface area (Å²) in [5, 5.41) is 18.5. The second kappa shape index (κ2) is 8.46. The molecule has 1 aliphatic carbocycles. The van der Waals surface area contributed by atoms with Crippen molar-refractivity contribution >= 4 is 23.6 Å². The average molecular weight is 357 g/mol. The van der Waals surface area contributed by atoms with Crippen molar-refractivity contribution < 1.29 is 14.7 Å². The number of hydrogen-bond donors (Lipinski definition) is 3. The van der Waals surface area contributed by atoms with E-state index in [0.29, 0.717) is 18.2 Å². The second-order valence-electron chi connectivity index (χ2n) is 6.51. The fraction of sp³-hybridized carbons (Fsp3) is 0.444. The molecule has 8 nitrogen and oxygen atoms in total. The van der Waals surface area contributed by atoms with Gasteiger partial charge in [-0.3, -0.25) is 10.1 Å². The van der Waals surface area contributed by atoms with Crippen LogP contribution in [0.3, 0.4) is 0 Å². The Kier molecular flexibility index (Phi) is 5.83. The van der Waals surface area contributed by atoms with E-state index < -0.39 is 12.0 Å². The lowest BCUT2D eigenvalue weighted by Gasteiger charge is -2.21. The lowest BCUT2D eigenvalue weighted by atomic mass is 9.96. The molecule has 0 radical (unpaired) electrons. The van der Waals surface area contributed by atoms with Gasteiger partial charge in [-0.25, -0.2) is 14.5 Å². The van der Waals surface area contributed by atoms with Crippen LogP contribution in [0, 0.1) is 0 Å². The Labute approximate surface area is 151 Å². The van der Waals surface area contributed by atoms with Gasteiger partial charge in [0.15, 0.2) is 0 Å². The third-order valence-corrected chi connectivity index (χ3v) is 4.50. The van der Waals surface area contributed by atoms with Crippen molar-refractivity contribution in [2.75, 3.05) is 10.6 Å². The van der Waals surface area contributed by atoms with Crippen molar-refractivity contribution in [1.82, 2.24) is 14.8 Å². The Hall–Kier alpha value is -2.90. The molecule has 0 bridgehead atoms. The predicted molar refractivity (Wildman–Crippen MR) is 97.2 cm³/mol. The first-order valence-electron chi connectivity index (χ1n) is 8.90. The third kappa shape index (κ3) is 5.05. The fourth-order valence-electron chi connectivity index (χ4n) is 3.17. The van der Waals surface area contributed by atoms with Crippen LogP contribution in [0.1, 0.15) is 50.1 Å². The van der Waals surface area contributed by atoms with Gasteiger partial charge in [-0.15, -0.1) is 5.10 Å². The molecule has 1 aromatic heterocycles. The van der Waals surface area contributed by atoms with Gasteiger partial charge in [0, 0.05) is 12.1 Å². The van der Waals surface area contributed by atoms with E-state index >= 15 is 0 Å². The van der Waals surface area contributed by atoms with Crippen molar-refractivity contribution in [2.24, 2.45) is 0 Å². The molecule has 2 amide bonds. The Bertz CT molecular complexity index is 768. The maximum absolute atomic E-state index is 12.1. The number of urea groups is 1. The number of carboxylic acids is 1. The zero-order valence-electron chi connectivity index (χ0n) is 14.5. The fourth-order valence-corrected chi connectivity index (χ4v) is 3.17. The van der Waals surface area contributed by atoms with E-state index in [9.17, 15) is 9.59 Å². The number of nitrogens with zero attached hydrogens (tertiary/aromatic N) is 3. The minimum Gasteiger partial charge on any atom is -0.481 e. The number of carboxylic acid groups (broad SMARTS) is 1. The molecule has 0 atom stereocenters. The van der Waals surface area contributed by atoms with Gasteiger partial charge in [-0.05, 0) is 37.0 Å². The topological polar surface area (TPSA) is 109 Å². The van der Waals surface area contributed by atoms with Crippen molar-refractivity contribution in [1.29, 1.82) is 0 Å². The Morgan fingerprint density at radius 3 is 2.77 bits per heavy atom. The molecule has 3 rings (SSSR count). The highest BCUT2D eigenvalue weighted by Crippen LogP contribution is 2.27. The summed E-state index contributed by atoms with van der Waals surface area (Å²) in [7, 11) is 0. The van der Waals surface area contributed by atoms with Crippen molar-refractivity contribution in [3.8, 4) is 0 Å². The van der Waals surface area contributed by atoms with Crippen LogP contribution in [0.5, 0.6) is 0 Å². The van der Waals surface area contributed by atoms with Crippen molar-refractivity contribution in [3.05, 3.63) is 36.2 Å². The SMILES string of the molecule is O=C(O)CCc1cccc(NC(=O)Nc2ncn(C3CCCCC3)n2)c1. The Balaban J connectivity index is 1.54. The lowest BCUT2D eigenvalue weighted by molar-refractivity contribution is -0.136. The molecule has 1 fully saturated rings. The molecule has 2 aromatic rings. The predicted octanol–water partition coefficient (Wildman–Crippen LogP) is 3.44. The summed E-state index contributed by atoms with van der Waals surface area (Å²) in [6, 6.07) is 7.05. The summed E-state index contributed by atoms with van der Waals surface area (Å²) in [6.07, 6.45) is 7.99. The molecule has 1 heterocycles. The number of rotatable bonds is 6. The minimum absolute atomic E-state index is 0.0537. The number of anilines is 2. The van der Waals surface area contributed by atoms with Gasteiger partial charge < -0.3 is 10.4 Å². The van der Waals surface area contributed by atoms with Crippen LogP contribution >= 0.6 is 0 Å². The maximum Gasteiger partial charge on any atom is 0.326 e. The Morgan fingerprint density at radius 1 is 1.19 bits per heavy atom. The van der Waals surface area contributed by atoms with E-state index in [-0.39, 0.29) is 12.4 Å². The summed E-state index contributed by atoms with van der Waals surface area (Å²) in [6.45, 7) is 0. The minimum atomic E-state index is -0.847. The molecule has 1 aromatic carbocycles. The van der Waals surface area contributed by atoms with Gasteiger partial charge in [0.1, 0.15) is 6.33 Å². The van der Waals surface area contributed by atoms with E-state index in [0.717, 1.165) is 18.4 Å². The molecule has 0 saturated heterocycles. The average Bonchev–Trinajstić information content (AvgIpc) is 3.09. The van der Waals surface area contributed by atoms with Gasteiger partial charge in [0.25, 0.3) is 0 Å². The highest BCUT2D eigenvalue weighted by atomic mass is 16.4. The first-order valence-corrected chi connectivity index (χ1v) is 8.90. The Morgan fingerprint density at radius 2 is 2.00 bits per heavy atom. The largest absolute Gasteiger partial charge is 0.481 e. The second-order valence-corrected chi connectivity index (χ2v) is 6.51. The number of aryl methyl sites for hydroxylation is 1. The van der Waals surface area contributed by atoms with E-state index in [1.54, 1.807) is 24.5 Å². The smallest absolute Gasteiger partial charge is 0.326 e. The summed E-state index contributed by atoms with van der Waals surface area (Å²) in [4.78, 5) is 27.0. The molecule has 1 aliphatic rings. The number of nitrogens with one attached hydrogen (secondary N) is 2. The molecular formula is C18H23N5O3. The highest BCUT2D eigenvalue weighted by molar-refractivity contribution is 5.98. The molecule has 0 spiro atoms. The zero-order chi connectivity index (χ0) is 18.4. The number of carbonyl (C=O) groups is 2. The number of carbonyl (C=O) groups excluding carboxylic acids is 1. The van der Waals surface area contributed by atoms with Crippen LogP contribution in [-0.2, 0) is 11.2 Å². The summed E-state index contributed by atoms with van der Waals surface area (Å²) in [5.74, 6) is -0.573. The van der Waals surface area contributed by atoms with E-state index in [2.05, 4.69) is 20.7 Å². The van der Waals surface area contributed by atoms with Crippen LogP contribution in [0.4, 0.5) is 16.4 Å². The highest BCUT2D eigenvalue weighted by Gasteiger charge is 2.17. The first-order chi connectivity index (χ1) is 12.6. The molecule has 138 valence electrons. The molecule has 8 heteroatoms. The number of benzene rings is 1. The molecule has 3 N–H and O–H groups in total. The third-order valence-electron chi connectivity index (χ3n) is 4.50. The summed E-state index contributed by atoms with van der Waals surface area (Å²) >= 11 is 0. The molecule has 0 unspecified atom stereocenters. The van der Waals surface area contributed by atoms with E-state index in [1.165, 1.54) is 19.3 Å². The quantitative estimate of drug-likeness (QED) is 0.733. The van der Waals surface area contributed by atoms with Gasteiger partial charge in [0.2, 0.25) is 5.95 Å². The van der Waals surface area contributed by atoms with Crippen molar-refractivity contribution in [3.63, 3.8) is 0 Å². The normalized spacial score (nSPS) is 14.8. The lowest BCUT2D eigenvalue weighted by Crippen LogP contribution is -2.21. The first kappa shape index (κ1) is 17.9. The maximum atomic E-state index is 12.1. The van der Waals surface area contributed by atoms with Crippen LogP contribution < -0.4 is 10.6 Å². The van der Waals surface area contributed by atoms with E-state index in [1.807, 2.05) is 10.7 Å². The molecule has 1 saturated carbocycles. The monoisotopic (exact) mass is 357 g/mol. The standard InChI is InChI=1S/C18H23N5O3/c24-16(25)10-9-13-5-4-6-14(11-13)20-18(26)21-17-19-12-23(22-17)15-7-2-1-3-8-15/h4-6,11-12,15H,1-3,7-10H2,(H,24,25)(H2,20,21,22,26). The molecule has 26 heavy (non-hydrogen) atoms. The van der Waals surface area contributed by atoms with Crippen LogP contribution in [0.15, 0.2) is 30.6 Å². The van der Waals surface area contributed by atoms with Gasteiger partial charge >= 0.3 is 12.0 Å². The van der Waals surface area contributed by atoms with Gasteiger partial charge in [-0.1, -0.05) is 31.4 Å². The van der Waals surface area contributed by atoms with Crippen molar-refractivity contribution in [2.45, 2.75) is 51.0 Å². The summed E-state index contributed by atoms with van der Waals surface area (Å²) < 4.78 is 1.83. The number of hydrogen-bond acceptors (Lipinski definition) is 4. The number of aliphatic carboxylic acids is 1. The van der Waals surface area contributed by atoms with Crippen LogP contribution in [0.25, 0.3) is 0 Å². The number of amides is 2. The molecule has 0 aliphatic heterocycles. The molecular weight excluding hydrogens is 334 g/mol. The van der Waals surface area contributed by atoms with Crippen LogP contribution in [0.2, 0.25) is 0 Å². The van der Waals surface area contributed by atoms with E-state index in [4.69, 9.17) is 5.11 Å². The van der Waals surface area contributed by atoms with Gasteiger partial charge in [0.05, 0.1) is 6.04 Å². The zero-order valence-corrected chi connectivity index (χ0v) is 14.5. The van der Waals surface area contributed by atoms with Gasteiger partial charge in [-0.2, -0.15) is 0 Å². The number of aromatic nitrogens is 3.